The molecule has 9 heteroatoms. The molecule has 192 valence electrons. The third-order valence-electron chi connectivity index (χ3n) is 6.62. The van der Waals surface area contributed by atoms with Crippen LogP contribution in [0.5, 0.6) is 5.75 Å². The number of nitrogens with zero attached hydrogens (tertiary/aromatic N) is 1. The SMILES string of the molecule is COc1cc(C)c([C@H](C)NC(=O)C2CCN(S(=O)(=O)Cc3ccc(Cl)c(Cl)c3)CC2)cc1C(C)C. The molecule has 2 aromatic rings. The van der Waals surface area contributed by atoms with Crippen molar-refractivity contribution in [3.05, 3.63) is 62.6 Å². The van der Waals surface area contributed by atoms with Gasteiger partial charge in [0.15, 0.2) is 0 Å². The minimum Gasteiger partial charge on any atom is -0.496 e. The van der Waals surface area contributed by atoms with Crippen LogP contribution in [-0.2, 0) is 20.6 Å². The van der Waals surface area contributed by atoms with Crippen molar-refractivity contribution in [2.45, 2.75) is 58.2 Å². The molecule has 0 aromatic heterocycles. The Morgan fingerprint density at radius 3 is 2.31 bits per heavy atom. The van der Waals surface area contributed by atoms with E-state index in [0.29, 0.717) is 47.5 Å². The van der Waals surface area contributed by atoms with E-state index >= 15 is 0 Å². The molecule has 1 N–H and O–H groups in total. The van der Waals surface area contributed by atoms with Crippen molar-refractivity contribution >= 4 is 39.1 Å². The summed E-state index contributed by atoms with van der Waals surface area (Å²) < 4.78 is 32.8. The molecule has 2 aromatic carbocycles. The molecule has 1 heterocycles. The number of methoxy groups -OCH3 is 1. The highest BCUT2D eigenvalue weighted by Crippen LogP contribution is 2.32. The summed E-state index contributed by atoms with van der Waals surface area (Å²) in [5.74, 6) is 0.737. The number of ether oxygens (including phenoxy) is 1. The smallest absolute Gasteiger partial charge is 0.223 e. The Hall–Kier alpha value is -1.80. The van der Waals surface area contributed by atoms with Crippen molar-refractivity contribution < 1.29 is 17.9 Å². The third-order valence-corrected chi connectivity index (χ3v) is 9.21. The fraction of sp³-hybridized carbons (Fsp3) is 0.500. The number of amides is 1. The largest absolute Gasteiger partial charge is 0.496 e. The number of hydrogen-bond donors (Lipinski definition) is 1. The first kappa shape index (κ1) is 27.8. The van der Waals surface area contributed by atoms with E-state index in [1.54, 1.807) is 25.3 Å². The molecule has 1 fully saturated rings. The van der Waals surface area contributed by atoms with E-state index in [2.05, 4.69) is 25.2 Å². The van der Waals surface area contributed by atoms with Crippen LogP contribution in [0.15, 0.2) is 30.3 Å². The van der Waals surface area contributed by atoms with Crippen LogP contribution in [0.3, 0.4) is 0 Å². The summed E-state index contributed by atoms with van der Waals surface area (Å²) in [7, 11) is -1.85. The third kappa shape index (κ3) is 6.70. The van der Waals surface area contributed by atoms with E-state index < -0.39 is 10.0 Å². The average Bonchev–Trinajstić information content (AvgIpc) is 2.80. The number of aryl methyl sites for hydroxylation is 1. The van der Waals surface area contributed by atoms with Gasteiger partial charge in [-0.05, 0) is 79.1 Å². The van der Waals surface area contributed by atoms with Gasteiger partial charge in [-0.3, -0.25) is 4.79 Å². The number of carbonyl (C=O) groups is 1. The molecule has 0 saturated carbocycles. The van der Waals surface area contributed by atoms with E-state index in [1.807, 2.05) is 19.9 Å². The van der Waals surface area contributed by atoms with E-state index in [0.717, 1.165) is 22.4 Å². The fourth-order valence-corrected chi connectivity index (χ4v) is 6.42. The van der Waals surface area contributed by atoms with E-state index in [1.165, 1.54) is 4.31 Å². The Morgan fingerprint density at radius 1 is 1.09 bits per heavy atom. The molecule has 0 unspecified atom stereocenters. The summed E-state index contributed by atoms with van der Waals surface area (Å²) in [4.78, 5) is 13.0. The average molecular weight is 542 g/mol. The number of sulfonamides is 1. The number of nitrogens with one attached hydrogen (secondary N) is 1. The van der Waals surface area contributed by atoms with Gasteiger partial charge in [-0.2, -0.15) is 0 Å². The second-order valence-corrected chi connectivity index (χ2v) is 12.3. The van der Waals surface area contributed by atoms with Gasteiger partial charge in [0.1, 0.15) is 5.75 Å². The van der Waals surface area contributed by atoms with Crippen LogP contribution in [0.2, 0.25) is 10.0 Å². The first-order valence-electron chi connectivity index (χ1n) is 11.8. The lowest BCUT2D eigenvalue weighted by Gasteiger charge is -2.31. The van der Waals surface area contributed by atoms with Gasteiger partial charge in [0.25, 0.3) is 0 Å². The van der Waals surface area contributed by atoms with Crippen molar-refractivity contribution in [3.63, 3.8) is 0 Å². The first-order valence-corrected chi connectivity index (χ1v) is 14.2. The lowest BCUT2D eigenvalue weighted by atomic mass is 9.92. The topological polar surface area (TPSA) is 75.7 Å². The number of hydrogen-bond acceptors (Lipinski definition) is 4. The van der Waals surface area contributed by atoms with Crippen LogP contribution >= 0.6 is 23.2 Å². The van der Waals surface area contributed by atoms with Crippen LogP contribution in [0, 0.1) is 12.8 Å². The molecular weight excluding hydrogens is 507 g/mol. The van der Waals surface area contributed by atoms with Crippen molar-refractivity contribution in [2.24, 2.45) is 5.92 Å². The number of carbonyl (C=O) groups excluding carboxylic acids is 1. The molecule has 0 bridgehead atoms. The standard InChI is InChI=1S/C26H34Cl2N2O4S/c1-16(2)21-14-22(17(3)12-25(21)34-5)18(4)29-26(31)20-8-10-30(11-9-20)35(32,33)15-19-6-7-23(27)24(28)13-19/h6-7,12-14,16,18,20H,8-11,15H2,1-5H3,(H,29,31)/t18-/m0/s1. The van der Waals surface area contributed by atoms with Crippen LogP contribution in [0.4, 0.5) is 0 Å². The number of rotatable bonds is 8. The summed E-state index contributed by atoms with van der Waals surface area (Å²) >= 11 is 12.0. The van der Waals surface area contributed by atoms with E-state index in [9.17, 15) is 13.2 Å². The maximum absolute atomic E-state index is 13.0. The fourth-order valence-electron chi connectivity index (χ4n) is 4.55. The van der Waals surface area contributed by atoms with Gasteiger partial charge in [0, 0.05) is 19.0 Å². The number of piperidine rings is 1. The molecule has 6 nitrogen and oxygen atoms in total. The van der Waals surface area contributed by atoms with Crippen molar-refractivity contribution in [1.29, 1.82) is 0 Å². The van der Waals surface area contributed by atoms with Crippen LogP contribution in [0.25, 0.3) is 0 Å². The Balaban J connectivity index is 1.61. The molecule has 1 amide bonds. The minimum atomic E-state index is -3.52. The first-order chi connectivity index (χ1) is 16.4. The van der Waals surface area contributed by atoms with Crippen molar-refractivity contribution in [2.75, 3.05) is 20.2 Å². The Kier molecular flexibility index (Phi) is 9.13. The van der Waals surface area contributed by atoms with E-state index in [4.69, 9.17) is 27.9 Å². The molecule has 1 saturated heterocycles. The maximum atomic E-state index is 13.0. The Bertz CT molecular complexity index is 1180. The van der Waals surface area contributed by atoms with Crippen LogP contribution in [-0.4, -0.2) is 38.8 Å². The molecule has 3 rings (SSSR count). The normalized spacial score (nSPS) is 16.3. The Morgan fingerprint density at radius 2 is 1.74 bits per heavy atom. The predicted octanol–water partition coefficient (Wildman–Crippen LogP) is 5.85. The molecule has 0 aliphatic carbocycles. The zero-order chi connectivity index (χ0) is 25.9. The maximum Gasteiger partial charge on any atom is 0.223 e. The van der Waals surface area contributed by atoms with Crippen molar-refractivity contribution in [1.82, 2.24) is 9.62 Å². The van der Waals surface area contributed by atoms with Gasteiger partial charge in [-0.25, -0.2) is 12.7 Å². The Labute approximate surface area is 219 Å². The molecule has 1 aliphatic heterocycles. The summed E-state index contributed by atoms with van der Waals surface area (Å²) in [6, 6.07) is 8.81. The second-order valence-electron chi connectivity index (χ2n) is 9.51. The van der Waals surface area contributed by atoms with Crippen LogP contribution in [0.1, 0.15) is 67.8 Å². The van der Waals surface area contributed by atoms with Gasteiger partial charge in [-0.1, -0.05) is 43.1 Å². The minimum absolute atomic E-state index is 0.0413. The van der Waals surface area contributed by atoms with Gasteiger partial charge in [0.05, 0.1) is 28.9 Å². The number of halogens is 2. The van der Waals surface area contributed by atoms with Crippen LogP contribution < -0.4 is 10.1 Å². The number of benzene rings is 2. The lowest BCUT2D eigenvalue weighted by Crippen LogP contribution is -2.43. The summed E-state index contributed by atoms with van der Waals surface area (Å²) in [5, 5.41) is 3.86. The molecular formula is C26H34Cl2N2O4S. The quantitative estimate of drug-likeness (QED) is 0.455. The van der Waals surface area contributed by atoms with Gasteiger partial charge in [-0.15, -0.1) is 0 Å². The molecule has 0 radical (unpaired) electrons. The molecule has 0 spiro atoms. The zero-order valence-electron chi connectivity index (χ0n) is 20.9. The highest BCUT2D eigenvalue weighted by Gasteiger charge is 2.32. The summed E-state index contributed by atoms with van der Waals surface area (Å²) in [5.41, 5.74) is 3.81. The van der Waals surface area contributed by atoms with Gasteiger partial charge < -0.3 is 10.1 Å². The monoisotopic (exact) mass is 540 g/mol. The highest BCUT2D eigenvalue weighted by molar-refractivity contribution is 7.88. The van der Waals surface area contributed by atoms with E-state index in [-0.39, 0.29) is 23.6 Å². The highest BCUT2D eigenvalue weighted by atomic mass is 35.5. The molecule has 1 atom stereocenters. The molecule has 35 heavy (non-hydrogen) atoms. The zero-order valence-corrected chi connectivity index (χ0v) is 23.2. The second kappa shape index (κ2) is 11.5. The van der Waals surface area contributed by atoms with Gasteiger partial charge >= 0.3 is 0 Å². The summed E-state index contributed by atoms with van der Waals surface area (Å²) in [6.07, 6.45) is 0.968. The van der Waals surface area contributed by atoms with Gasteiger partial charge in [0.2, 0.25) is 15.9 Å². The lowest BCUT2D eigenvalue weighted by molar-refractivity contribution is -0.126. The predicted molar refractivity (Wildman–Crippen MR) is 142 cm³/mol. The summed E-state index contributed by atoms with van der Waals surface area (Å²) in [6.45, 7) is 8.85. The van der Waals surface area contributed by atoms with Crippen molar-refractivity contribution in [3.8, 4) is 5.75 Å². The molecule has 1 aliphatic rings.